The van der Waals surface area contributed by atoms with E-state index >= 15 is 0 Å². The molecule has 0 aliphatic heterocycles. The molecule has 1 atom stereocenters. The van der Waals surface area contributed by atoms with Crippen LogP contribution in [0.25, 0.3) is 11.5 Å². The number of unbranched alkanes of at least 4 members (excludes halogenated alkanes) is 1. The fourth-order valence-corrected chi connectivity index (χ4v) is 2.41. The maximum Gasteiger partial charge on any atom is 0.326 e. The van der Waals surface area contributed by atoms with Gasteiger partial charge in [-0.3, -0.25) is 4.79 Å². The Morgan fingerprint density at radius 3 is 2.54 bits per heavy atom. The van der Waals surface area contributed by atoms with Gasteiger partial charge in [0.05, 0.1) is 11.1 Å². The van der Waals surface area contributed by atoms with Crippen LogP contribution < -0.4 is 5.32 Å². The first-order valence-electron chi connectivity index (χ1n) is 8.71. The summed E-state index contributed by atoms with van der Waals surface area (Å²) >= 11 is 0. The summed E-state index contributed by atoms with van der Waals surface area (Å²) in [7, 11) is 0. The third kappa shape index (κ3) is 4.68. The van der Waals surface area contributed by atoms with E-state index < -0.39 is 17.9 Å². The van der Waals surface area contributed by atoms with Crippen molar-refractivity contribution in [1.29, 1.82) is 0 Å². The lowest BCUT2D eigenvalue weighted by Crippen LogP contribution is -2.40. The highest BCUT2D eigenvalue weighted by Crippen LogP contribution is 2.26. The van der Waals surface area contributed by atoms with E-state index in [1.54, 1.807) is 24.3 Å². The number of hydrogen-bond donors (Lipinski definition) is 2. The summed E-state index contributed by atoms with van der Waals surface area (Å²) in [6.07, 6.45) is 1.96. The lowest BCUT2D eigenvalue weighted by atomic mass is 9.96. The highest BCUT2D eigenvalue weighted by atomic mass is 16.5. The number of carbonyl (C=O) groups excluding carboxylic acids is 1. The van der Waals surface area contributed by atoms with Crippen LogP contribution in [0.5, 0.6) is 0 Å². The van der Waals surface area contributed by atoms with E-state index in [0.717, 1.165) is 12.8 Å². The molecule has 7 nitrogen and oxygen atoms in total. The fourth-order valence-electron chi connectivity index (χ4n) is 2.41. The minimum Gasteiger partial charge on any atom is -0.480 e. The van der Waals surface area contributed by atoms with Crippen molar-refractivity contribution in [2.45, 2.75) is 58.4 Å². The fraction of sp³-hybridized carbons (Fsp3) is 0.474. The Morgan fingerprint density at radius 1 is 1.27 bits per heavy atom. The van der Waals surface area contributed by atoms with Crippen molar-refractivity contribution in [2.24, 2.45) is 0 Å². The van der Waals surface area contributed by atoms with Crippen LogP contribution in [0, 0.1) is 0 Å². The van der Waals surface area contributed by atoms with E-state index in [1.165, 1.54) is 0 Å². The molecule has 7 heteroatoms. The van der Waals surface area contributed by atoms with Gasteiger partial charge in [0.15, 0.2) is 5.82 Å². The summed E-state index contributed by atoms with van der Waals surface area (Å²) in [5, 5.41) is 15.9. The first-order valence-corrected chi connectivity index (χ1v) is 8.71. The van der Waals surface area contributed by atoms with Crippen molar-refractivity contribution in [2.75, 3.05) is 0 Å². The van der Waals surface area contributed by atoms with E-state index in [-0.39, 0.29) is 11.3 Å². The zero-order chi connectivity index (χ0) is 19.3. The first kappa shape index (κ1) is 19.6. The predicted octanol–water partition coefficient (Wildman–Crippen LogP) is 3.41. The van der Waals surface area contributed by atoms with Gasteiger partial charge in [-0.2, -0.15) is 4.98 Å². The molecule has 0 spiro atoms. The van der Waals surface area contributed by atoms with Crippen LogP contribution in [0.1, 0.15) is 63.1 Å². The van der Waals surface area contributed by atoms with Crippen molar-refractivity contribution < 1.29 is 19.2 Å². The number of aromatic nitrogens is 2. The molecular formula is C19H25N3O4. The third-order valence-electron chi connectivity index (χ3n) is 3.95. The van der Waals surface area contributed by atoms with E-state index in [4.69, 9.17) is 4.52 Å². The molecule has 0 saturated heterocycles. The van der Waals surface area contributed by atoms with Crippen LogP contribution in [-0.4, -0.2) is 33.2 Å². The largest absolute Gasteiger partial charge is 0.480 e. The molecule has 1 aromatic carbocycles. The number of nitrogens with one attached hydrogen (secondary N) is 1. The van der Waals surface area contributed by atoms with Gasteiger partial charge in [-0.05, 0) is 18.6 Å². The standard InChI is InChI=1S/C19H25N3O4/c1-5-6-11-14(17(24)25)20-15(23)12-9-7-8-10-13(12)16-21-18(22-26-16)19(2,3)4/h7-10,14H,5-6,11H2,1-4H3,(H,20,23)(H,24,25)/t14-/m0/s1. The second-order valence-corrected chi connectivity index (χ2v) is 7.23. The molecule has 140 valence electrons. The molecule has 2 aromatic rings. The van der Waals surface area contributed by atoms with Gasteiger partial charge in [-0.1, -0.05) is 57.8 Å². The van der Waals surface area contributed by atoms with Crippen LogP contribution in [0.2, 0.25) is 0 Å². The average molecular weight is 359 g/mol. The maximum absolute atomic E-state index is 12.7. The summed E-state index contributed by atoms with van der Waals surface area (Å²) in [5.74, 6) is -0.744. The lowest BCUT2D eigenvalue weighted by Gasteiger charge is -2.15. The number of rotatable bonds is 7. The third-order valence-corrected chi connectivity index (χ3v) is 3.95. The van der Waals surface area contributed by atoms with Crippen molar-refractivity contribution in [3.63, 3.8) is 0 Å². The van der Waals surface area contributed by atoms with Gasteiger partial charge in [-0.25, -0.2) is 4.79 Å². The van der Waals surface area contributed by atoms with E-state index in [2.05, 4.69) is 15.5 Å². The quantitative estimate of drug-likeness (QED) is 0.785. The molecule has 1 aromatic heterocycles. The molecule has 0 bridgehead atoms. The van der Waals surface area contributed by atoms with Crippen molar-refractivity contribution in [3.8, 4) is 11.5 Å². The molecule has 0 aliphatic carbocycles. The highest BCUT2D eigenvalue weighted by Gasteiger charge is 2.25. The van der Waals surface area contributed by atoms with E-state index in [1.807, 2.05) is 27.7 Å². The number of hydrogen-bond acceptors (Lipinski definition) is 5. The van der Waals surface area contributed by atoms with Crippen LogP contribution in [0.15, 0.2) is 28.8 Å². The second kappa shape index (κ2) is 8.12. The minimum absolute atomic E-state index is 0.237. The Kier molecular flexibility index (Phi) is 6.13. The Hall–Kier alpha value is -2.70. The predicted molar refractivity (Wildman–Crippen MR) is 96.8 cm³/mol. The van der Waals surface area contributed by atoms with Crippen molar-refractivity contribution >= 4 is 11.9 Å². The number of amides is 1. The number of aliphatic carboxylic acids is 1. The van der Waals surface area contributed by atoms with Gasteiger partial charge < -0.3 is 14.9 Å². The normalized spacial score (nSPS) is 12.6. The maximum atomic E-state index is 12.7. The summed E-state index contributed by atoms with van der Waals surface area (Å²) in [5.41, 5.74) is 0.500. The van der Waals surface area contributed by atoms with Gasteiger partial charge >= 0.3 is 5.97 Å². The highest BCUT2D eigenvalue weighted by molar-refractivity contribution is 6.01. The smallest absolute Gasteiger partial charge is 0.326 e. The molecular weight excluding hydrogens is 334 g/mol. The van der Waals surface area contributed by atoms with E-state index in [0.29, 0.717) is 23.4 Å². The Balaban J connectivity index is 2.29. The average Bonchev–Trinajstić information content (AvgIpc) is 3.08. The van der Waals surface area contributed by atoms with Crippen LogP contribution in [0.3, 0.4) is 0 Å². The lowest BCUT2D eigenvalue weighted by molar-refractivity contribution is -0.139. The van der Waals surface area contributed by atoms with Crippen LogP contribution >= 0.6 is 0 Å². The second-order valence-electron chi connectivity index (χ2n) is 7.23. The number of carboxylic acid groups (broad SMARTS) is 1. The van der Waals surface area contributed by atoms with Crippen molar-refractivity contribution in [1.82, 2.24) is 15.5 Å². The molecule has 0 fully saturated rings. The van der Waals surface area contributed by atoms with Crippen molar-refractivity contribution in [3.05, 3.63) is 35.7 Å². The van der Waals surface area contributed by atoms with E-state index in [9.17, 15) is 14.7 Å². The first-order chi connectivity index (χ1) is 12.2. The number of carboxylic acids is 1. The SMILES string of the molecule is CCCC[C@H](NC(=O)c1ccccc1-c1nc(C(C)(C)C)no1)C(=O)O. The van der Waals surface area contributed by atoms with Crippen LogP contribution in [-0.2, 0) is 10.2 Å². The molecule has 1 heterocycles. The Bertz CT molecular complexity index is 777. The number of benzene rings is 1. The zero-order valence-corrected chi connectivity index (χ0v) is 15.6. The molecule has 26 heavy (non-hydrogen) atoms. The number of nitrogens with zero attached hydrogens (tertiary/aromatic N) is 2. The summed E-state index contributed by atoms with van der Waals surface area (Å²) in [6.45, 7) is 7.86. The summed E-state index contributed by atoms with van der Waals surface area (Å²) in [6, 6.07) is 5.87. The molecule has 0 radical (unpaired) electrons. The molecule has 0 aliphatic rings. The topological polar surface area (TPSA) is 105 Å². The molecule has 2 N–H and O–H groups in total. The number of carbonyl (C=O) groups is 2. The van der Waals surface area contributed by atoms with Gasteiger partial charge in [-0.15, -0.1) is 0 Å². The molecule has 2 rings (SSSR count). The molecule has 1 amide bonds. The Morgan fingerprint density at radius 2 is 1.96 bits per heavy atom. The van der Waals surface area contributed by atoms with Crippen LogP contribution in [0.4, 0.5) is 0 Å². The monoisotopic (exact) mass is 359 g/mol. The van der Waals surface area contributed by atoms with Gasteiger partial charge in [0, 0.05) is 5.41 Å². The summed E-state index contributed by atoms with van der Waals surface area (Å²) < 4.78 is 5.33. The zero-order valence-electron chi connectivity index (χ0n) is 15.6. The van der Waals surface area contributed by atoms with Gasteiger partial charge in [0.25, 0.3) is 11.8 Å². The molecule has 0 saturated carbocycles. The molecule has 0 unspecified atom stereocenters. The van der Waals surface area contributed by atoms with Gasteiger partial charge in [0.2, 0.25) is 0 Å². The minimum atomic E-state index is -1.04. The summed E-state index contributed by atoms with van der Waals surface area (Å²) in [4.78, 5) is 28.4. The Labute approximate surface area is 152 Å². The van der Waals surface area contributed by atoms with Gasteiger partial charge in [0.1, 0.15) is 6.04 Å².